The van der Waals surface area contributed by atoms with E-state index in [9.17, 15) is 0 Å². The molecule has 1 aromatic carbocycles. The molecule has 1 aliphatic rings. The Hall–Kier alpha value is -1.37. The summed E-state index contributed by atoms with van der Waals surface area (Å²) in [6.07, 6.45) is 2.60. The van der Waals surface area contributed by atoms with E-state index in [0.29, 0.717) is 5.25 Å². The predicted octanol–water partition coefficient (Wildman–Crippen LogP) is 1.52. The van der Waals surface area contributed by atoms with Crippen molar-refractivity contribution in [2.45, 2.75) is 36.1 Å². The van der Waals surface area contributed by atoms with Crippen LogP contribution < -0.4 is 11.3 Å². The van der Waals surface area contributed by atoms with Crippen LogP contribution in [0.1, 0.15) is 24.4 Å². The number of aromatic nitrogens is 3. The molecule has 0 aliphatic carbocycles. The third-order valence-corrected chi connectivity index (χ3v) is 4.84. The zero-order valence-corrected chi connectivity index (χ0v) is 11.6. The van der Waals surface area contributed by atoms with E-state index >= 15 is 0 Å². The van der Waals surface area contributed by atoms with Gasteiger partial charge in [-0.15, -0.1) is 11.8 Å². The summed E-state index contributed by atoms with van der Waals surface area (Å²) in [4.78, 5) is 5.70. The lowest BCUT2D eigenvalue weighted by Gasteiger charge is -2.21. The molecular weight excluding hydrogens is 258 g/mol. The number of benzene rings is 1. The van der Waals surface area contributed by atoms with Gasteiger partial charge >= 0.3 is 0 Å². The average molecular weight is 275 g/mol. The third kappa shape index (κ3) is 2.27. The summed E-state index contributed by atoms with van der Waals surface area (Å²) in [6.45, 7) is 2.86. The van der Waals surface area contributed by atoms with Crippen molar-refractivity contribution in [3.8, 4) is 0 Å². The maximum atomic E-state index is 5.76. The largest absolute Gasteiger partial charge is 0.271 e. The van der Waals surface area contributed by atoms with E-state index in [0.717, 1.165) is 18.8 Å². The zero-order chi connectivity index (χ0) is 13.2. The molecule has 2 heterocycles. The van der Waals surface area contributed by atoms with Crippen LogP contribution in [0.15, 0.2) is 35.5 Å². The first-order valence-electron chi connectivity index (χ1n) is 6.42. The molecule has 5 nitrogen and oxygen atoms in total. The van der Waals surface area contributed by atoms with Crippen LogP contribution in [-0.2, 0) is 13.0 Å². The fourth-order valence-electron chi connectivity index (χ4n) is 2.50. The van der Waals surface area contributed by atoms with Crippen LogP contribution >= 0.6 is 11.8 Å². The molecule has 100 valence electrons. The number of rotatable bonds is 4. The Balaban J connectivity index is 1.86. The normalized spacial score (nSPS) is 19.4. The molecule has 3 rings (SSSR count). The second kappa shape index (κ2) is 5.32. The van der Waals surface area contributed by atoms with Gasteiger partial charge in [0.1, 0.15) is 12.2 Å². The van der Waals surface area contributed by atoms with Crippen molar-refractivity contribution in [3.05, 3.63) is 42.0 Å². The van der Waals surface area contributed by atoms with E-state index in [-0.39, 0.29) is 6.04 Å². The molecule has 0 fully saturated rings. The molecule has 2 aromatic rings. The van der Waals surface area contributed by atoms with E-state index in [1.807, 2.05) is 16.4 Å². The summed E-state index contributed by atoms with van der Waals surface area (Å²) in [7, 11) is 0. The second-order valence-electron chi connectivity index (χ2n) is 4.55. The summed E-state index contributed by atoms with van der Waals surface area (Å²) in [5.74, 6) is 6.67. The molecule has 6 heteroatoms. The van der Waals surface area contributed by atoms with E-state index < -0.39 is 0 Å². The Kier molecular flexibility index (Phi) is 3.54. The average Bonchev–Trinajstić information content (AvgIpc) is 3.05. The zero-order valence-electron chi connectivity index (χ0n) is 10.8. The van der Waals surface area contributed by atoms with Crippen LogP contribution in [0.25, 0.3) is 0 Å². The smallest absolute Gasteiger partial charge is 0.146 e. The van der Waals surface area contributed by atoms with Gasteiger partial charge in [0.25, 0.3) is 0 Å². The van der Waals surface area contributed by atoms with E-state index in [1.54, 1.807) is 6.33 Å². The standard InChI is InChI=1S/C13H17N5S/c1-2-18-13(15-8-16-18)12(17-14)11-7-9-5-3-4-6-10(9)19-11/h3-6,8,11-12,17H,2,7,14H2,1H3. The van der Waals surface area contributed by atoms with Crippen molar-refractivity contribution in [2.75, 3.05) is 0 Å². The molecule has 19 heavy (non-hydrogen) atoms. The number of fused-ring (bicyclic) bond motifs is 1. The number of nitrogens with one attached hydrogen (secondary N) is 1. The van der Waals surface area contributed by atoms with Crippen molar-refractivity contribution in [3.63, 3.8) is 0 Å². The number of nitrogens with zero attached hydrogens (tertiary/aromatic N) is 3. The lowest BCUT2D eigenvalue weighted by atomic mass is 10.1. The third-order valence-electron chi connectivity index (χ3n) is 3.45. The minimum atomic E-state index is 0.0137. The lowest BCUT2D eigenvalue weighted by molar-refractivity contribution is 0.468. The minimum Gasteiger partial charge on any atom is -0.271 e. The fourth-order valence-corrected chi connectivity index (χ4v) is 3.89. The topological polar surface area (TPSA) is 68.8 Å². The Morgan fingerprint density at radius 2 is 2.37 bits per heavy atom. The Morgan fingerprint density at radius 1 is 1.53 bits per heavy atom. The van der Waals surface area contributed by atoms with Crippen molar-refractivity contribution in [1.29, 1.82) is 0 Å². The molecule has 3 N–H and O–H groups in total. The number of aryl methyl sites for hydroxylation is 1. The van der Waals surface area contributed by atoms with Gasteiger partial charge in [0, 0.05) is 16.7 Å². The number of hydrogen-bond donors (Lipinski definition) is 2. The molecule has 0 saturated heterocycles. The van der Waals surface area contributed by atoms with Gasteiger partial charge in [-0.25, -0.2) is 15.1 Å². The number of nitrogens with two attached hydrogens (primary N) is 1. The van der Waals surface area contributed by atoms with E-state index in [1.165, 1.54) is 10.5 Å². The van der Waals surface area contributed by atoms with Crippen LogP contribution in [-0.4, -0.2) is 20.0 Å². The van der Waals surface area contributed by atoms with Gasteiger partial charge in [-0.3, -0.25) is 5.84 Å². The molecule has 0 amide bonds. The highest BCUT2D eigenvalue weighted by molar-refractivity contribution is 8.00. The van der Waals surface area contributed by atoms with Crippen LogP contribution in [0.2, 0.25) is 0 Å². The molecular formula is C13H17N5S. The monoisotopic (exact) mass is 275 g/mol. The highest BCUT2D eigenvalue weighted by Gasteiger charge is 2.32. The first-order valence-corrected chi connectivity index (χ1v) is 7.29. The Bertz CT molecular complexity index is 543. The summed E-state index contributed by atoms with van der Waals surface area (Å²) < 4.78 is 1.90. The quantitative estimate of drug-likeness (QED) is 0.654. The Labute approximate surface area is 116 Å². The highest BCUT2D eigenvalue weighted by atomic mass is 32.2. The first kappa shape index (κ1) is 12.7. The van der Waals surface area contributed by atoms with Crippen molar-refractivity contribution < 1.29 is 0 Å². The molecule has 1 aliphatic heterocycles. The van der Waals surface area contributed by atoms with Gasteiger partial charge in [-0.2, -0.15) is 5.10 Å². The van der Waals surface area contributed by atoms with Gasteiger partial charge in [0.2, 0.25) is 0 Å². The van der Waals surface area contributed by atoms with E-state index in [4.69, 9.17) is 5.84 Å². The molecule has 2 unspecified atom stereocenters. The lowest BCUT2D eigenvalue weighted by Crippen LogP contribution is -2.37. The minimum absolute atomic E-state index is 0.0137. The van der Waals surface area contributed by atoms with Gasteiger partial charge in [0.05, 0.1) is 6.04 Å². The van der Waals surface area contributed by atoms with Crippen molar-refractivity contribution in [2.24, 2.45) is 5.84 Å². The van der Waals surface area contributed by atoms with E-state index in [2.05, 4.69) is 46.7 Å². The molecule has 0 spiro atoms. The molecule has 0 bridgehead atoms. The number of thioether (sulfide) groups is 1. The molecule has 2 atom stereocenters. The summed E-state index contributed by atoms with van der Waals surface area (Å²) in [6, 6.07) is 8.52. The number of hydrazine groups is 1. The van der Waals surface area contributed by atoms with Crippen molar-refractivity contribution >= 4 is 11.8 Å². The van der Waals surface area contributed by atoms with Crippen LogP contribution in [0.3, 0.4) is 0 Å². The molecule has 0 saturated carbocycles. The van der Waals surface area contributed by atoms with Gasteiger partial charge < -0.3 is 0 Å². The predicted molar refractivity (Wildman–Crippen MR) is 75.6 cm³/mol. The van der Waals surface area contributed by atoms with Crippen molar-refractivity contribution in [1.82, 2.24) is 20.2 Å². The molecule has 0 radical (unpaired) electrons. The van der Waals surface area contributed by atoms with Gasteiger partial charge in [-0.05, 0) is 25.0 Å². The van der Waals surface area contributed by atoms with Gasteiger partial charge in [0.15, 0.2) is 0 Å². The highest BCUT2D eigenvalue weighted by Crippen LogP contribution is 2.41. The summed E-state index contributed by atoms with van der Waals surface area (Å²) in [5, 5.41) is 4.58. The molecule has 1 aromatic heterocycles. The Morgan fingerprint density at radius 3 is 3.11 bits per heavy atom. The van der Waals surface area contributed by atoms with Gasteiger partial charge in [-0.1, -0.05) is 18.2 Å². The number of hydrogen-bond acceptors (Lipinski definition) is 5. The maximum absolute atomic E-state index is 5.76. The van der Waals surface area contributed by atoms with Crippen LogP contribution in [0.5, 0.6) is 0 Å². The maximum Gasteiger partial charge on any atom is 0.146 e. The van der Waals surface area contributed by atoms with Crippen LogP contribution in [0, 0.1) is 0 Å². The second-order valence-corrected chi connectivity index (χ2v) is 5.83. The SMILES string of the molecule is CCn1ncnc1C(NN)C1Cc2ccccc2S1. The first-order chi connectivity index (χ1) is 9.33. The summed E-state index contributed by atoms with van der Waals surface area (Å²) >= 11 is 1.86. The summed E-state index contributed by atoms with van der Waals surface area (Å²) in [5.41, 5.74) is 4.30. The fraction of sp³-hybridized carbons (Fsp3) is 0.385. The van der Waals surface area contributed by atoms with Crippen LogP contribution in [0.4, 0.5) is 0 Å².